The van der Waals surface area contributed by atoms with Crippen molar-refractivity contribution in [3.05, 3.63) is 11.7 Å². The van der Waals surface area contributed by atoms with E-state index in [4.69, 9.17) is 9.26 Å². The molecule has 19 heavy (non-hydrogen) atoms. The van der Waals surface area contributed by atoms with Crippen molar-refractivity contribution >= 4 is 0 Å². The molecule has 108 valence electrons. The lowest BCUT2D eigenvalue weighted by atomic mass is 10.0. The fourth-order valence-electron chi connectivity index (χ4n) is 2.42. The summed E-state index contributed by atoms with van der Waals surface area (Å²) in [6.07, 6.45) is 4.55. The lowest BCUT2D eigenvalue weighted by Crippen LogP contribution is -2.30. The zero-order valence-electron chi connectivity index (χ0n) is 12.2. The van der Waals surface area contributed by atoms with Crippen LogP contribution >= 0.6 is 0 Å². The third-order valence-electron chi connectivity index (χ3n) is 3.83. The van der Waals surface area contributed by atoms with E-state index < -0.39 is 0 Å². The molecule has 1 saturated heterocycles. The second-order valence-corrected chi connectivity index (χ2v) is 5.38. The van der Waals surface area contributed by atoms with Gasteiger partial charge in [-0.05, 0) is 32.7 Å². The lowest BCUT2D eigenvalue weighted by Gasteiger charge is -2.20. The first-order valence-electron chi connectivity index (χ1n) is 7.38. The lowest BCUT2D eigenvalue weighted by molar-refractivity contribution is 0.0153. The molecule has 0 bridgehead atoms. The number of hydrogen-bond acceptors (Lipinski definition) is 5. The molecule has 3 atom stereocenters. The van der Waals surface area contributed by atoms with Crippen molar-refractivity contribution in [1.29, 1.82) is 0 Å². The molecule has 0 spiro atoms. The topological polar surface area (TPSA) is 60.2 Å². The number of nitrogens with zero attached hydrogens (tertiary/aromatic N) is 2. The van der Waals surface area contributed by atoms with E-state index in [0.717, 1.165) is 37.7 Å². The second kappa shape index (κ2) is 7.01. The van der Waals surface area contributed by atoms with Crippen molar-refractivity contribution in [3.8, 4) is 0 Å². The summed E-state index contributed by atoms with van der Waals surface area (Å²) in [5, 5.41) is 7.46. The minimum absolute atomic E-state index is 0.230. The number of ether oxygens (including phenoxy) is 1. The smallest absolute Gasteiger partial charge is 0.231 e. The molecule has 1 N–H and O–H groups in total. The van der Waals surface area contributed by atoms with E-state index in [1.807, 2.05) is 0 Å². The van der Waals surface area contributed by atoms with Crippen molar-refractivity contribution in [2.75, 3.05) is 13.2 Å². The molecule has 3 unspecified atom stereocenters. The number of hydrogen-bond donors (Lipinski definition) is 1. The van der Waals surface area contributed by atoms with Gasteiger partial charge >= 0.3 is 0 Å². The van der Waals surface area contributed by atoms with Crippen LogP contribution in [0, 0.1) is 0 Å². The molecule has 5 nitrogen and oxygen atoms in total. The fraction of sp³-hybridized carbons (Fsp3) is 0.857. The van der Waals surface area contributed by atoms with Crippen LogP contribution in [0.2, 0.25) is 0 Å². The summed E-state index contributed by atoms with van der Waals surface area (Å²) in [7, 11) is 0. The van der Waals surface area contributed by atoms with Crippen molar-refractivity contribution in [3.63, 3.8) is 0 Å². The van der Waals surface area contributed by atoms with Crippen LogP contribution in [0.5, 0.6) is 0 Å². The maximum absolute atomic E-state index is 5.70. The Labute approximate surface area is 115 Å². The molecule has 0 aliphatic carbocycles. The Morgan fingerprint density at radius 3 is 2.89 bits per heavy atom. The molecule has 1 fully saturated rings. The largest absolute Gasteiger partial charge is 0.378 e. The van der Waals surface area contributed by atoms with Gasteiger partial charge < -0.3 is 14.6 Å². The van der Waals surface area contributed by atoms with Crippen molar-refractivity contribution in [2.24, 2.45) is 0 Å². The summed E-state index contributed by atoms with van der Waals surface area (Å²) in [4.78, 5) is 4.51. The quantitative estimate of drug-likeness (QED) is 0.857. The Hall–Kier alpha value is -0.940. The molecule has 5 heteroatoms. The van der Waals surface area contributed by atoms with E-state index in [0.29, 0.717) is 6.04 Å². The van der Waals surface area contributed by atoms with Gasteiger partial charge in [-0.3, -0.25) is 0 Å². The molecule has 0 amide bonds. The first-order chi connectivity index (χ1) is 9.20. The Morgan fingerprint density at radius 1 is 1.37 bits per heavy atom. The van der Waals surface area contributed by atoms with Gasteiger partial charge in [-0.15, -0.1) is 0 Å². The van der Waals surface area contributed by atoms with Gasteiger partial charge in [-0.25, -0.2) is 0 Å². The van der Waals surface area contributed by atoms with Crippen LogP contribution in [-0.2, 0) is 11.2 Å². The van der Waals surface area contributed by atoms with Crippen LogP contribution in [0.3, 0.4) is 0 Å². The van der Waals surface area contributed by atoms with Crippen LogP contribution in [-0.4, -0.2) is 35.4 Å². The van der Waals surface area contributed by atoms with Gasteiger partial charge in [0.05, 0.1) is 12.0 Å². The average molecular weight is 267 g/mol. The number of rotatable bonds is 6. The molecule has 0 aromatic carbocycles. The molecule has 0 radical (unpaired) electrons. The van der Waals surface area contributed by atoms with Gasteiger partial charge in [-0.2, -0.15) is 4.98 Å². The fourth-order valence-corrected chi connectivity index (χ4v) is 2.42. The Kier molecular flexibility index (Phi) is 5.34. The number of aromatic nitrogens is 2. The SMILES string of the molecule is CCNC(C)C(C)c1nc(CC2CCCCO2)no1. The first kappa shape index (κ1) is 14.5. The highest BCUT2D eigenvalue weighted by atomic mass is 16.5. The maximum Gasteiger partial charge on any atom is 0.231 e. The molecular formula is C14H25N3O2. The van der Waals surface area contributed by atoms with Crippen LogP contribution < -0.4 is 5.32 Å². The molecule has 0 saturated carbocycles. The van der Waals surface area contributed by atoms with E-state index >= 15 is 0 Å². The van der Waals surface area contributed by atoms with E-state index in [9.17, 15) is 0 Å². The predicted octanol–water partition coefficient (Wildman–Crippen LogP) is 2.28. The van der Waals surface area contributed by atoms with Crippen molar-refractivity contribution in [1.82, 2.24) is 15.5 Å². The monoisotopic (exact) mass is 267 g/mol. The van der Waals surface area contributed by atoms with E-state index in [-0.39, 0.29) is 12.0 Å². The second-order valence-electron chi connectivity index (χ2n) is 5.38. The van der Waals surface area contributed by atoms with Crippen LogP contribution in [0.15, 0.2) is 4.52 Å². The minimum atomic E-state index is 0.230. The highest BCUT2D eigenvalue weighted by Gasteiger charge is 2.22. The number of nitrogens with one attached hydrogen (secondary N) is 1. The highest BCUT2D eigenvalue weighted by Crippen LogP contribution is 2.20. The molecule has 1 aliphatic rings. The van der Waals surface area contributed by atoms with Crippen LogP contribution in [0.25, 0.3) is 0 Å². The van der Waals surface area contributed by atoms with Crippen molar-refractivity contribution < 1.29 is 9.26 Å². The van der Waals surface area contributed by atoms with Gasteiger partial charge in [0.2, 0.25) is 5.89 Å². The van der Waals surface area contributed by atoms with Gasteiger partial charge in [-0.1, -0.05) is 19.0 Å². The standard InChI is InChI=1S/C14H25N3O2/c1-4-15-11(3)10(2)14-16-13(17-19-14)9-12-7-5-6-8-18-12/h10-12,15H,4-9H2,1-3H3. The van der Waals surface area contributed by atoms with Crippen LogP contribution in [0.4, 0.5) is 0 Å². The third kappa shape index (κ3) is 4.01. The summed E-state index contributed by atoms with van der Waals surface area (Å²) in [6, 6.07) is 0.337. The Balaban J connectivity index is 1.90. The van der Waals surface area contributed by atoms with Gasteiger partial charge in [0.25, 0.3) is 0 Å². The third-order valence-corrected chi connectivity index (χ3v) is 3.83. The van der Waals surface area contributed by atoms with Gasteiger partial charge in [0.15, 0.2) is 5.82 Å². The first-order valence-corrected chi connectivity index (χ1v) is 7.38. The molecule has 1 aromatic heterocycles. The normalized spacial score (nSPS) is 23.2. The number of likely N-dealkylation sites (N-methyl/N-ethyl adjacent to an activating group) is 1. The molecular weight excluding hydrogens is 242 g/mol. The molecule has 1 aromatic rings. The summed E-state index contributed by atoms with van der Waals surface area (Å²) in [6.45, 7) is 8.17. The maximum atomic E-state index is 5.70. The van der Waals surface area contributed by atoms with E-state index in [1.54, 1.807) is 0 Å². The Morgan fingerprint density at radius 2 is 2.21 bits per heavy atom. The predicted molar refractivity (Wildman–Crippen MR) is 73.1 cm³/mol. The average Bonchev–Trinajstić information content (AvgIpc) is 2.88. The zero-order chi connectivity index (χ0) is 13.7. The minimum Gasteiger partial charge on any atom is -0.378 e. The summed E-state index contributed by atoms with van der Waals surface area (Å²) >= 11 is 0. The van der Waals surface area contributed by atoms with Crippen molar-refractivity contribution in [2.45, 2.75) is 64.5 Å². The van der Waals surface area contributed by atoms with Gasteiger partial charge in [0.1, 0.15) is 0 Å². The Bertz CT molecular complexity index is 375. The highest BCUT2D eigenvalue weighted by molar-refractivity contribution is 4.97. The van der Waals surface area contributed by atoms with Gasteiger partial charge in [0, 0.05) is 19.1 Å². The summed E-state index contributed by atoms with van der Waals surface area (Å²) < 4.78 is 11.1. The van der Waals surface area contributed by atoms with E-state index in [2.05, 4.69) is 36.2 Å². The summed E-state index contributed by atoms with van der Waals surface area (Å²) in [5.74, 6) is 1.73. The molecule has 2 heterocycles. The van der Waals surface area contributed by atoms with E-state index in [1.165, 1.54) is 12.8 Å². The molecule has 1 aliphatic heterocycles. The zero-order valence-corrected chi connectivity index (χ0v) is 12.2. The molecule has 2 rings (SSSR count). The van der Waals surface area contributed by atoms with Crippen LogP contribution in [0.1, 0.15) is 57.7 Å². The summed E-state index contributed by atoms with van der Waals surface area (Å²) in [5.41, 5.74) is 0.